The van der Waals surface area contributed by atoms with Crippen molar-refractivity contribution in [1.29, 1.82) is 0 Å². The molecule has 0 bridgehead atoms. The van der Waals surface area contributed by atoms with Gasteiger partial charge in [-0.2, -0.15) is 0 Å². The number of amides is 1. The summed E-state index contributed by atoms with van der Waals surface area (Å²) >= 11 is 0. The third-order valence-corrected chi connectivity index (χ3v) is 5.07. The quantitative estimate of drug-likeness (QED) is 0.368. The molecule has 1 unspecified atom stereocenters. The van der Waals surface area contributed by atoms with E-state index < -0.39 is 0 Å². The van der Waals surface area contributed by atoms with Crippen LogP contribution in [0.4, 0.5) is 5.69 Å². The van der Waals surface area contributed by atoms with E-state index in [-0.39, 0.29) is 5.91 Å². The minimum absolute atomic E-state index is 0.100. The number of guanidine groups is 1. The van der Waals surface area contributed by atoms with Crippen molar-refractivity contribution >= 4 is 17.6 Å². The second-order valence-electron chi connectivity index (χ2n) is 7.63. The zero-order valence-corrected chi connectivity index (χ0v) is 18.3. The SMILES string of the molecule is CN=C(NCCOc1cccc(NC(C)=O)c1)N1CCC(COCc2ccccc2)C1. The molecule has 1 saturated heterocycles. The maximum absolute atomic E-state index is 11.2. The van der Waals surface area contributed by atoms with E-state index in [9.17, 15) is 4.79 Å². The molecule has 1 amide bonds. The first-order valence-electron chi connectivity index (χ1n) is 10.7. The Morgan fingerprint density at radius 2 is 2.03 bits per heavy atom. The number of nitrogens with one attached hydrogen (secondary N) is 2. The Kier molecular flexibility index (Phi) is 8.72. The van der Waals surface area contributed by atoms with Crippen LogP contribution < -0.4 is 15.4 Å². The van der Waals surface area contributed by atoms with Gasteiger partial charge >= 0.3 is 0 Å². The van der Waals surface area contributed by atoms with Crippen LogP contribution in [-0.4, -0.2) is 56.7 Å². The molecule has 0 radical (unpaired) electrons. The first kappa shape index (κ1) is 22.6. The van der Waals surface area contributed by atoms with Gasteiger partial charge in [0.1, 0.15) is 12.4 Å². The molecule has 166 valence electrons. The molecule has 0 aliphatic carbocycles. The highest BCUT2D eigenvalue weighted by Gasteiger charge is 2.24. The number of benzene rings is 2. The number of anilines is 1. The predicted octanol–water partition coefficient (Wildman–Crippen LogP) is 3.14. The zero-order valence-electron chi connectivity index (χ0n) is 18.3. The number of carbonyl (C=O) groups is 1. The van der Waals surface area contributed by atoms with E-state index >= 15 is 0 Å². The lowest BCUT2D eigenvalue weighted by molar-refractivity contribution is -0.114. The number of nitrogens with zero attached hydrogens (tertiary/aromatic N) is 2. The fourth-order valence-electron chi connectivity index (χ4n) is 3.61. The Bertz CT molecular complexity index is 857. The van der Waals surface area contributed by atoms with E-state index in [1.807, 2.05) is 42.5 Å². The summed E-state index contributed by atoms with van der Waals surface area (Å²) in [7, 11) is 1.80. The number of rotatable bonds is 9. The van der Waals surface area contributed by atoms with Crippen molar-refractivity contribution < 1.29 is 14.3 Å². The standard InChI is InChI=1S/C24H32N4O3/c1-19(29)27-22-9-6-10-23(15-22)31-14-12-26-24(25-2)28-13-11-21(16-28)18-30-17-20-7-4-3-5-8-20/h3-10,15,21H,11-14,16-18H2,1-2H3,(H,25,26)(H,27,29). The number of hydrogen-bond acceptors (Lipinski definition) is 4. The number of ether oxygens (including phenoxy) is 2. The topological polar surface area (TPSA) is 75.2 Å². The van der Waals surface area contributed by atoms with Gasteiger partial charge in [-0.15, -0.1) is 0 Å². The number of hydrogen-bond donors (Lipinski definition) is 2. The van der Waals surface area contributed by atoms with Gasteiger partial charge < -0.3 is 25.0 Å². The largest absolute Gasteiger partial charge is 0.492 e. The summed E-state index contributed by atoms with van der Waals surface area (Å²) in [6.45, 7) is 5.96. The minimum atomic E-state index is -0.100. The molecule has 0 spiro atoms. The van der Waals surface area contributed by atoms with Crippen molar-refractivity contribution in [3.63, 3.8) is 0 Å². The molecule has 0 saturated carbocycles. The van der Waals surface area contributed by atoms with E-state index in [4.69, 9.17) is 9.47 Å². The van der Waals surface area contributed by atoms with Crippen molar-refractivity contribution in [2.24, 2.45) is 10.9 Å². The minimum Gasteiger partial charge on any atom is -0.492 e. The van der Waals surface area contributed by atoms with Gasteiger partial charge in [0.2, 0.25) is 5.91 Å². The Hall–Kier alpha value is -3.06. The van der Waals surface area contributed by atoms with Gasteiger partial charge in [0.05, 0.1) is 19.8 Å². The monoisotopic (exact) mass is 424 g/mol. The third kappa shape index (κ3) is 7.61. The van der Waals surface area contributed by atoms with Crippen LogP contribution in [0.2, 0.25) is 0 Å². The summed E-state index contributed by atoms with van der Waals surface area (Å²) in [5.41, 5.74) is 1.93. The van der Waals surface area contributed by atoms with Gasteiger partial charge in [-0.05, 0) is 24.1 Å². The van der Waals surface area contributed by atoms with Gasteiger partial charge in [-0.3, -0.25) is 9.79 Å². The lowest BCUT2D eigenvalue weighted by Gasteiger charge is -2.22. The Morgan fingerprint density at radius 1 is 1.19 bits per heavy atom. The van der Waals surface area contributed by atoms with Crippen molar-refractivity contribution in [1.82, 2.24) is 10.2 Å². The molecule has 0 aromatic heterocycles. The number of aliphatic imine (C=N–C) groups is 1. The van der Waals surface area contributed by atoms with Crippen LogP contribution in [0.5, 0.6) is 5.75 Å². The highest BCUT2D eigenvalue weighted by molar-refractivity contribution is 5.88. The molecule has 1 heterocycles. The molecule has 31 heavy (non-hydrogen) atoms. The maximum Gasteiger partial charge on any atom is 0.221 e. The second kappa shape index (κ2) is 12.0. The van der Waals surface area contributed by atoms with E-state index in [2.05, 4.69) is 32.7 Å². The van der Waals surface area contributed by atoms with Crippen LogP contribution in [0.1, 0.15) is 18.9 Å². The molecule has 7 nitrogen and oxygen atoms in total. The lowest BCUT2D eigenvalue weighted by Crippen LogP contribution is -2.41. The Morgan fingerprint density at radius 3 is 2.81 bits per heavy atom. The van der Waals surface area contributed by atoms with Gasteiger partial charge in [0.25, 0.3) is 0 Å². The molecule has 1 aliphatic rings. The average Bonchev–Trinajstić information content (AvgIpc) is 3.23. The van der Waals surface area contributed by atoms with Crippen LogP contribution in [0.25, 0.3) is 0 Å². The Labute approximate surface area is 184 Å². The summed E-state index contributed by atoms with van der Waals surface area (Å²) in [5, 5.41) is 6.13. The average molecular weight is 425 g/mol. The summed E-state index contributed by atoms with van der Waals surface area (Å²) < 4.78 is 11.7. The molecular formula is C24H32N4O3. The van der Waals surface area contributed by atoms with Gasteiger partial charge in [-0.1, -0.05) is 36.4 Å². The molecule has 1 atom stereocenters. The van der Waals surface area contributed by atoms with Crippen LogP contribution in [-0.2, 0) is 16.1 Å². The van der Waals surface area contributed by atoms with Crippen LogP contribution >= 0.6 is 0 Å². The van der Waals surface area contributed by atoms with Gasteiger partial charge in [0.15, 0.2) is 5.96 Å². The molecule has 3 rings (SSSR count). The van der Waals surface area contributed by atoms with Crippen LogP contribution in [0, 0.1) is 5.92 Å². The van der Waals surface area contributed by atoms with Crippen molar-refractivity contribution in [3.05, 3.63) is 60.2 Å². The van der Waals surface area contributed by atoms with Crippen molar-refractivity contribution in [3.8, 4) is 5.75 Å². The van der Waals surface area contributed by atoms with Crippen molar-refractivity contribution in [2.45, 2.75) is 20.0 Å². The zero-order chi connectivity index (χ0) is 21.9. The Balaban J connectivity index is 1.35. The van der Waals surface area contributed by atoms with Crippen molar-refractivity contribution in [2.75, 3.05) is 45.2 Å². The van der Waals surface area contributed by atoms with E-state index in [0.717, 1.165) is 43.5 Å². The third-order valence-electron chi connectivity index (χ3n) is 5.07. The highest BCUT2D eigenvalue weighted by Crippen LogP contribution is 2.18. The smallest absolute Gasteiger partial charge is 0.221 e. The first-order valence-corrected chi connectivity index (χ1v) is 10.7. The normalized spacial score (nSPS) is 16.3. The first-order chi connectivity index (χ1) is 15.1. The maximum atomic E-state index is 11.2. The van der Waals surface area contributed by atoms with E-state index in [0.29, 0.717) is 25.7 Å². The van der Waals surface area contributed by atoms with Gasteiger partial charge in [-0.25, -0.2) is 0 Å². The van der Waals surface area contributed by atoms with Crippen LogP contribution in [0.3, 0.4) is 0 Å². The molecule has 2 aromatic carbocycles. The molecular weight excluding hydrogens is 392 g/mol. The van der Waals surface area contributed by atoms with Gasteiger partial charge in [0, 0.05) is 44.7 Å². The second-order valence-corrected chi connectivity index (χ2v) is 7.63. The molecule has 2 N–H and O–H groups in total. The summed E-state index contributed by atoms with van der Waals surface area (Å²) in [6.07, 6.45) is 1.10. The fourth-order valence-corrected chi connectivity index (χ4v) is 3.61. The number of carbonyl (C=O) groups excluding carboxylic acids is 1. The molecule has 1 aliphatic heterocycles. The predicted molar refractivity (Wildman–Crippen MR) is 123 cm³/mol. The summed E-state index contributed by atoms with van der Waals surface area (Å²) in [5.74, 6) is 2.02. The summed E-state index contributed by atoms with van der Waals surface area (Å²) in [6, 6.07) is 17.7. The molecule has 7 heteroatoms. The molecule has 2 aromatic rings. The van der Waals surface area contributed by atoms with Crippen LogP contribution in [0.15, 0.2) is 59.6 Å². The van der Waals surface area contributed by atoms with E-state index in [1.54, 1.807) is 7.05 Å². The lowest BCUT2D eigenvalue weighted by atomic mass is 10.1. The number of likely N-dealkylation sites (tertiary alicyclic amines) is 1. The summed E-state index contributed by atoms with van der Waals surface area (Å²) in [4.78, 5) is 17.9. The molecule has 1 fully saturated rings. The fraction of sp³-hybridized carbons (Fsp3) is 0.417. The highest BCUT2D eigenvalue weighted by atomic mass is 16.5. The van der Waals surface area contributed by atoms with E-state index in [1.165, 1.54) is 12.5 Å².